The van der Waals surface area contributed by atoms with E-state index in [1.807, 2.05) is 18.5 Å². The Bertz CT molecular complexity index is 432. The topological polar surface area (TPSA) is 24.9 Å². The van der Waals surface area contributed by atoms with Crippen LogP contribution in [0.25, 0.3) is 11.1 Å². The molecule has 0 amide bonds. The average Bonchev–Trinajstić information content (AvgIpc) is 2.29. The monoisotopic (exact) mass is 182 g/mol. The third kappa shape index (κ3) is 1.01. The van der Waals surface area contributed by atoms with Gasteiger partial charge in [-0.15, -0.1) is 0 Å². The van der Waals surface area contributed by atoms with E-state index in [-0.39, 0.29) is 0 Å². The summed E-state index contributed by atoms with van der Waals surface area (Å²) in [6.45, 7) is 0.910. The highest BCUT2D eigenvalue weighted by Crippen LogP contribution is 2.33. The summed E-state index contributed by atoms with van der Waals surface area (Å²) in [7, 11) is 0. The van der Waals surface area contributed by atoms with Crippen LogP contribution in [0.3, 0.4) is 0 Å². The molecule has 1 aliphatic rings. The SMILES string of the molecule is c1ccc2c(c1)CNc1ccncc1-2. The summed E-state index contributed by atoms with van der Waals surface area (Å²) in [5, 5.41) is 3.38. The van der Waals surface area contributed by atoms with Crippen LogP contribution in [0.4, 0.5) is 5.69 Å². The Balaban J connectivity index is 2.29. The first-order valence-corrected chi connectivity index (χ1v) is 4.71. The van der Waals surface area contributed by atoms with Gasteiger partial charge in [0.15, 0.2) is 0 Å². The predicted molar refractivity (Wildman–Crippen MR) is 57.0 cm³/mol. The van der Waals surface area contributed by atoms with Gasteiger partial charge in [0, 0.05) is 30.2 Å². The van der Waals surface area contributed by atoms with E-state index in [0.717, 1.165) is 6.54 Å². The minimum atomic E-state index is 0.910. The molecule has 3 rings (SSSR count). The van der Waals surface area contributed by atoms with Gasteiger partial charge in [-0.1, -0.05) is 24.3 Å². The van der Waals surface area contributed by atoms with Crippen molar-refractivity contribution in [2.24, 2.45) is 0 Å². The van der Waals surface area contributed by atoms with Gasteiger partial charge in [0.1, 0.15) is 0 Å². The number of hydrogen-bond acceptors (Lipinski definition) is 2. The first-order chi connectivity index (χ1) is 6.95. The minimum Gasteiger partial charge on any atom is -0.380 e. The van der Waals surface area contributed by atoms with Crippen molar-refractivity contribution in [3.8, 4) is 11.1 Å². The maximum atomic E-state index is 4.16. The lowest BCUT2D eigenvalue weighted by atomic mass is 9.96. The van der Waals surface area contributed by atoms with Crippen molar-refractivity contribution in [3.63, 3.8) is 0 Å². The second kappa shape index (κ2) is 2.84. The number of pyridine rings is 1. The molecule has 0 aliphatic carbocycles. The first kappa shape index (κ1) is 7.56. The molecular formula is C12H10N2. The normalized spacial score (nSPS) is 12.6. The van der Waals surface area contributed by atoms with E-state index in [9.17, 15) is 0 Å². The van der Waals surface area contributed by atoms with Gasteiger partial charge in [0.05, 0.1) is 0 Å². The fraction of sp³-hybridized carbons (Fsp3) is 0.0833. The van der Waals surface area contributed by atoms with Crippen molar-refractivity contribution in [2.75, 3.05) is 5.32 Å². The molecule has 0 fully saturated rings. The van der Waals surface area contributed by atoms with E-state index in [1.54, 1.807) is 0 Å². The van der Waals surface area contributed by atoms with Crippen molar-refractivity contribution < 1.29 is 0 Å². The summed E-state index contributed by atoms with van der Waals surface area (Å²) in [5.74, 6) is 0. The standard InChI is InChI=1S/C12H10N2/c1-2-4-10-9(3-1)7-14-12-5-6-13-8-11(10)12/h1-6,8,14H,7H2. The van der Waals surface area contributed by atoms with Crippen LogP contribution in [-0.4, -0.2) is 4.98 Å². The number of aromatic nitrogens is 1. The lowest BCUT2D eigenvalue weighted by Gasteiger charge is -2.20. The van der Waals surface area contributed by atoms with E-state index in [4.69, 9.17) is 0 Å². The first-order valence-electron chi connectivity index (χ1n) is 4.71. The van der Waals surface area contributed by atoms with E-state index in [2.05, 4.69) is 34.6 Å². The quantitative estimate of drug-likeness (QED) is 0.677. The average molecular weight is 182 g/mol. The molecule has 2 aromatic rings. The van der Waals surface area contributed by atoms with Crippen LogP contribution in [0.5, 0.6) is 0 Å². The highest BCUT2D eigenvalue weighted by Gasteiger charge is 2.13. The number of fused-ring (bicyclic) bond motifs is 3. The number of hydrogen-bond donors (Lipinski definition) is 1. The molecule has 2 heterocycles. The largest absolute Gasteiger partial charge is 0.380 e. The van der Waals surface area contributed by atoms with Gasteiger partial charge in [0.25, 0.3) is 0 Å². The van der Waals surface area contributed by atoms with Crippen molar-refractivity contribution in [1.29, 1.82) is 0 Å². The zero-order valence-electron chi connectivity index (χ0n) is 7.70. The summed E-state index contributed by atoms with van der Waals surface area (Å²) in [5.41, 5.74) is 5.02. The van der Waals surface area contributed by atoms with Gasteiger partial charge in [0.2, 0.25) is 0 Å². The fourth-order valence-electron chi connectivity index (χ4n) is 1.89. The second-order valence-corrected chi connectivity index (χ2v) is 3.43. The Morgan fingerprint density at radius 3 is 3.00 bits per heavy atom. The molecule has 0 radical (unpaired) electrons. The maximum absolute atomic E-state index is 4.16. The van der Waals surface area contributed by atoms with Gasteiger partial charge >= 0.3 is 0 Å². The van der Waals surface area contributed by atoms with Gasteiger partial charge in [-0.25, -0.2) is 0 Å². The van der Waals surface area contributed by atoms with Crippen LogP contribution in [0, 0.1) is 0 Å². The molecule has 0 spiro atoms. The van der Waals surface area contributed by atoms with Crippen LogP contribution < -0.4 is 5.32 Å². The molecule has 14 heavy (non-hydrogen) atoms. The lowest BCUT2D eigenvalue weighted by molar-refractivity contribution is 1.12. The van der Waals surface area contributed by atoms with E-state index in [0.29, 0.717) is 0 Å². The zero-order valence-corrected chi connectivity index (χ0v) is 7.70. The van der Waals surface area contributed by atoms with E-state index >= 15 is 0 Å². The molecule has 0 unspecified atom stereocenters. The van der Waals surface area contributed by atoms with Gasteiger partial charge in [-0.05, 0) is 17.2 Å². The molecule has 2 nitrogen and oxygen atoms in total. The number of rotatable bonds is 0. The summed E-state index contributed by atoms with van der Waals surface area (Å²) in [6.07, 6.45) is 3.74. The zero-order chi connectivity index (χ0) is 9.38. The molecule has 0 saturated heterocycles. The van der Waals surface area contributed by atoms with Crippen LogP contribution in [0.1, 0.15) is 5.56 Å². The highest BCUT2D eigenvalue weighted by atomic mass is 14.9. The van der Waals surface area contributed by atoms with Crippen LogP contribution in [0.15, 0.2) is 42.7 Å². The number of benzene rings is 1. The van der Waals surface area contributed by atoms with Gasteiger partial charge < -0.3 is 5.32 Å². The number of nitrogens with one attached hydrogen (secondary N) is 1. The second-order valence-electron chi connectivity index (χ2n) is 3.43. The highest BCUT2D eigenvalue weighted by molar-refractivity contribution is 5.81. The molecule has 1 aromatic carbocycles. The molecule has 0 atom stereocenters. The Morgan fingerprint density at radius 1 is 1.07 bits per heavy atom. The Labute approximate surface area is 82.6 Å². The Hall–Kier alpha value is -1.83. The summed E-state index contributed by atoms with van der Waals surface area (Å²) < 4.78 is 0. The van der Waals surface area contributed by atoms with Crippen LogP contribution >= 0.6 is 0 Å². The van der Waals surface area contributed by atoms with E-state index in [1.165, 1.54) is 22.4 Å². The molecule has 1 aliphatic heterocycles. The molecule has 2 heteroatoms. The predicted octanol–water partition coefficient (Wildman–Crippen LogP) is 2.67. The molecule has 0 saturated carbocycles. The molecule has 68 valence electrons. The fourth-order valence-corrected chi connectivity index (χ4v) is 1.89. The van der Waals surface area contributed by atoms with Crippen molar-refractivity contribution in [2.45, 2.75) is 6.54 Å². The summed E-state index contributed by atoms with van der Waals surface area (Å²) in [4.78, 5) is 4.16. The van der Waals surface area contributed by atoms with Gasteiger partial charge in [-0.3, -0.25) is 4.98 Å². The van der Waals surface area contributed by atoms with Crippen LogP contribution in [-0.2, 0) is 6.54 Å². The summed E-state index contributed by atoms with van der Waals surface area (Å²) >= 11 is 0. The van der Waals surface area contributed by atoms with Crippen molar-refractivity contribution in [1.82, 2.24) is 4.98 Å². The smallest absolute Gasteiger partial charge is 0.0453 e. The molecule has 0 bridgehead atoms. The third-order valence-electron chi connectivity index (χ3n) is 2.60. The van der Waals surface area contributed by atoms with Crippen LogP contribution in [0.2, 0.25) is 0 Å². The number of anilines is 1. The van der Waals surface area contributed by atoms with Crippen molar-refractivity contribution in [3.05, 3.63) is 48.3 Å². The maximum Gasteiger partial charge on any atom is 0.0453 e. The van der Waals surface area contributed by atoms with E-state index < -0.39 is 0 Å². The van der Waals surface area contributed by atoms with Crippen molar-refractivity contribution >= 4 is 5.69 Å². The molecule has 1 N–H and O–H groups in total. The molecule has 1 aromatic heterocycles. The number of nitrogens with zero attached hydrogens (tertiary/aromatic N) is 1. The lowest BCUT2D eigenvalue weighted by Crippen LogP contribution is -2.08. The van der Waals surface area contributed by atoms with Gasteiger partial charge in [-0.2, -0.15) is 0 Å². The Morgan fingerprint density at radius 2 is 2.00 bits per heavy atom. The molecular weight excluding hydrogens is 172 g/mol. The Kier molecular flexibility index (Phi) is 1.53. The minimum absolute atomic E-state index is 0.910. The summed E-state index contributed by atoms with van der Waals surface area (Å²) in [6, 6.07) is 10.5. The third-order valence-corrected chi connectivity index (χ3v) is 2.60.